The van der Waals surface area contributed by atoms with Crippen LogP contribution < -0.4 is 0 Å². The van der Waals surface area contributed by atoms with Crippen molar-refractivity contribution < 1.29 is 0 Å². The van der Waals surface area contributed by atoms with Gasteiger partial charge in [-0.15, -0.1) is 6.58 Å². The third kappa shape index (κ3) is 4.89. The maximum Gasteiger partial charge on any atom is 0.264 e. The van der Waals surface area contributed by atoms with E-state index < -0.39 is 0 Å². The molecule has 158 valence electrons. The fourth-order valence-corrected chi connectivity index (χ4v) is 4.17. The van der Waals surface area contributed by atoms with E-state index >= 15 is 0 Å². The number of hydrogen-bond acceptors (Lipinski definition) is 4. The molecule has 0 N–H and O–H groups in total. The van der Waals surface area contributed by atoms with Crippen molar-refractivity contribution >= 4 is 24.3 Å². The number of aryl methyl sites for hydroxylation is 2. The molecule has 3 unspecified atom stereocenters. The van der Waals surface area contributed by atoms with Crippen LogP contribution in [0.3, 0.4) is 0 Å². The van der Waals surface area contributed by atoms with Gasteiger partial charge in [0.1, 0.15) is 0 Å². The molecule has 0 saturated heterocycles. The van der Waals surface area contributed by atoms with Crippen LogP contribution in [0, 0.1) is 67.4 Å². The molecule has 0 aliphatic heterocycles. The van der Waals surface area contributed by atoms with E-state index in [2.05, 4.69) is 28.0 Å². The van der Waals surface area contributed by atoms with E-state index in [9.17, 15) is 10.5 Å². The highest BCUT2D eigenvalue weighted by Crippen LogP contribution is 2.45. The average molecular weight is 421 g/mol. The molecule has 0 spiro atoms. The van der Waals surface area contributed by atoms with E-state index in [1.807, 2.05) is 50.4 Å². The Morgan fingerprint density at radius 2 is 1.69 bits per heavy atom. The van der Waals surface area contributed by atoms with Crippen LogP contribution in [0.4, 0.5) is 11.4 Å². The molecule has 1 aromatic carbocycles. The first-order valence-electron chi connectivity index (χ1n) is 10.1. The van der Waals surface area contributed by atoms with Gasteiger partial charge in [0.25, 0.3) is 11.4 Å². The molecular formula is C26H24N6. The highest BCUT2D eigenvalue weighted by atomic mass is 14.8. The molecule has 0 heterocycles. The summed E-state index contributed by atoms with van der Waals surface area (Å²) in [7, 11) is 0. The van der Waals surface area contributed by atoms with Crippen molar-refractivity contribution in [2.24, 2.45) is 27.7 Å². The molecule has 1 aliphatic carbocycles. The zero-order valence-corrected chi connectivity index (χ0v) is 18.6. The SMILES string of the molecule is [C-]#[N+]/C(C#N)=C(C)\C(=C(/C#N)[N+]#[C-])C1CC(C=C)CC1C=Nc1cc(C)c(N=C)cc1C. The highest BCUT2D eigenvalue weighted by molar-refractivity contribution is 5.71. The molecule has 1 saturated carbocycles. The Kier molecular flexibility index (Phi) is 8.01. The van der Waals surface area contributed by atoms with Crippen LogP contribution in [-0.4, -0.2) is 12.9 Å². The molecule has 6 nitrogen and oxygen atoms in total. The first-order valence-corrected chi connectivity index (χ1v) is 10.1. The van der Waals surface area contributed by atoms with Gasteiger partial charge in [-0.1, -0.05) is 6.08 Å². The van der Waals surface area contributed by atoms with Gasteiger partial charge in [0.05, 0.1) is 36.7 Å². The van der Waals surface area contributed by atoms with Gasteiger partial charge in [-0.05, 0) is 86.6 Å². The van der Waals surface area contributed by atoms with E-state index in [1.54, 1.807) is 6.92 Å². The predicted octanol–water partition coefficient (Wildman–Crippen LogP) is 6.58. The normalized spacial score (nSPS) is 21.4. The van der Waals surface area contributed by atoms with Crippen molar-refractivity contribution in [3.63, 3.8) is 0 Å². The van der Waals surface area contributed by atoms with Crippen LogP contribution in [0.25, 0.3) is 9.69 Å². The van der Waals surface area contributed by atoms with E-state index in [-0.39, 0.29) is 29.1 Å². The second kappa shape index (κ2) is 10.7. The summed E-state index contributed by atoms with van der Waals surface area (Å²) in [5.41, 5.74) is 4.24. The standard InChI is InChI=1S/C26H24N6/c1-8-19-11-20(15-32-23-10-16(2)22(29-5)9-17(23)3)21(12-19)26(25(14-28)31-7)18(4)24(13-27)30-6/h8-10,15,19-21H,1,5,11-12H2,2-4H3/b24-18-,26-25-,32-15?. The largest absolute Gasteiger partial charge is 0.264 e. The third-order valence-corrected chi connectivity index (χ3v) is 5.89. The van der Waals surface area contributed by atoms with Crippen LogP contribution in [0.2, 0.25) is 0 Å². The van der Waals surface area contributed by atoms with Crippen LogP contribution in [0.5, 0.6) is 0 Å². The minimum absolute atomic E-state index is 0.0735. The number of hydrogen-bond donors (Lipinski definition) is 0. The maximum atomic E-state index is 9.59. The lowest BCUT2D eigenvalue weighted by molar-refractivity contribution is 0.566. The Morgan fingerprint density at radius 1 is 1.09 bits per heavy atom. The van der Waals surface area contributed by atoms with Crippen molar-refractivity contribution in [3.8, 4) is 12.1 Å². The van der Waals surface area contributed by atoms with Crippen molar-refractivity contribution in [1.29, 1.82) is 10.5 Å². The fourth-order valence-electron chi connectivity index (χ4n) is 4.17. The van der Waals surface area contributed by atoms with Gasteiger partial charge in [0.2, 0.25) is 0 Å². The lowest BCUT2D eigenvalue weighted by Crippen LogP contribution is -2.15. The third-order valence-electron chi connectivity index (χ3n) is 5.89. The molecule has 0 aromatic heterocycles. The monoisotopic (exact) mass is 420 g/mol. The fraction of sp³-hybridized carbons (Fsp3) is 0.308. The zero-order valence-electron chi connectivity index (χ0n) is 18.6. The second-order valence-electron chi connectivity index (χ2n) is 7.78. The first-order chi connectivity index (χ1) is 15.3. The van der Waals surface area contributed by atoms with Crippen molar-refractivity contribution in [2.45, 2.75) is 33.6 Å². The number of benzene rings is 1. The number of nitrogens with zero attached hydrogens (tertiary/aromatic N) is 6. The lowest BCUT2D eigenvalue weighted by atomic mass is 9.83. The van der Waals surface area contributed by atoms with E-state index in [1.165, 1.54) is 0 Å². The van der Waals surface area contributed by atoms with E-state index in [4.69, 9.17) is 18.1 Å². The molecule has 2 rings (SSSR count). The van der Waals surface area contributed by atoms with Gasteiger partial charge >= 0.3 is 0 Å². The van der Waals surface area contributed by atoms with Gasteiger partial charge in [0, 0.05) is 12.1 Å². The average Bonchev–Trinajstić information content (AvgIpc) is 3.20. The van der Waals surface area contributed by atoms with Gasteiger partial charge in [-0.25, -0.2) is 20.2 Å². The molecule has 1 fully saturated rings. The summed E-state index contributed by atoms with van der Waals surface area (Å²) in [5, 5.41) is 19.0. The van der Waals surface area contributed by atoms with Crippen LogP contribution in [0.15, 0.2) is 57.3 Å². The zero-order chi connectivity index (χ0) is 23.8. The molecule has 0 bridgehead atoms. The minimum Gasteiger partial charge on any atom is -0.264 e. The van der Waals surface area contributed by atoms with Crippen LogP contribution >= 0.6 is 0 Å². The van der Waals surface area contributed by atoms with Crippen molar-refractivity contribution in [3.05, 3.63) is 81.3 Å². The smallest absolute Gasteiger partial charge is 0.264 e. The summed E-state index contributed by atoms with van der Waals surface area (Å²) in [6.07, 6.45) is 5.17. The number of rotatable bonds is 6. The van der Waals surface area contributed by atoms with Crippen LogP contribution in [-0.2, 0) is 0 Å². The molecular weight excluding hydrogens is 396 g/mol. The molecule has 3 atom stereocenters. The second-order valence-corrected chi connectivity index (χ2v) is 7.78. The summed E-state index contributed by atoms with van der Waals surface area (Å²) in [4.78, 5) is 15.5. The van der Waals surface area contributed by atoms with E-state index in [0.717, 1.165) is 28.9 Å². The Balaban J connectivity index is 2.61. The quantitative estimate of drug-likeness (QED) is 0.171. The van der Waals surface area contributed by atoms with Crippen molar-refractivity contribution in [2.75, 3.05) is 0 Å². The minimum atomic E-state index is -0.217. The molecule has 1 aliphatic rings. The molecule has 1 aromatic rings. The Labute approximate surface area is 189 Å². The Hall–Kier alpha value is -4.26. The highest BCUT2D eigenvalue weighted by Gasteiger charge is 2.36. The number of allylic oxidation sites excluding steroid dienone is 5. The summed E-state index contributed by atoms with van der Waals surface area (Å²) in [5.74, 6) is -0.111. The van der Waals surface area contributed by atoms with Gasteiger partial charge in [0.15, 0.2) is 0 Å². The summed E-state index contributed by atoms with van der Waals surface area (Å²) >= 11 is 0. The first kappa shape index (κ1) is 24.0. The van der Waals surface area contributed by atoms with Gasteiger partial charge in [-0.2, -0.15) is 0 Å². The molecule has 32 heavy (non-hydrogen) atoms. The number of nitriles is 2. The number of aliphatic imine (C=N–C) groups is 2. The predicted molar refractivity (Wildman–Crippen MR) is 127 cm³/mol. The van der Waals surface area contributed by atoms with Gasteiger partial charge in [-0.3, -0.25) is 9.98 Å². The lowest BCUT2D eigenvalue weighted by Gasteiger charge is -2.21. The molecule has 6 heteroatoms. The van der Waals surface area contributed by atoms with Crippen molar-refractivity contribution in [1.82, 2.24) is 0 Å². The Morgan fingerprint density at radius 3 is 2.22 bits per heavy atom. The van der Waals surface area contributed by atoms with E-state index in [0.29, 0.717) is 17.6 Å². The van der Waals surface area contributed by atoms with Crippen LogP contribution in [0.1, 0.15) is 30.9 Å². The Bertz CT molecular complexity index is 1170. The summed E-state index contributed by atoms with van der Waals surface area (Å²) < 4.78 is 0. The molecule has 0 radical (unpaired) electrons. The van der Waals surface area contributed by atoms with Gasteiger partial charge < -0.3 is 0 Å². The topological polar surface area (TPSA) is 81.0 Å². The molecule has 0 amide bonds. The summed E-state index contributed by atoms with van der Waals surface area (Å²) in [6.45, 7) is 27.9. The maximum absolute atomic E-state index is 9.59. The summed E-state index contributed by atoms with van der Waals surface area (Å²) in [6, 6.07) is 7.75.